The lowest BCUT2D eigenvalue weighted by atomic mass is 9.85. The summed E-state index contributed by atoms with van der Waals surface area (Å²) in [5.41, 5.74) is 0.233. The number of ether oxygens (including phenoxy) is 1. The van der Waals surface area contributed by atoms with E-state index in [4.69, 9.17) is 4.74 Å². The van der Waals surface area contributed by atoms with Crippen LogP contribution in [0.25, 0.3) is 0 Å². The van der Waals surface area contributed by atoms with Crippen molar-refractivity contribution in [1.82, 2.24) is 0 Å². The minimum absolute atomic E-state index is 0.00708. The normalized spacial score (nSPS) is 14.9. The topological polar surface area (TPSA) is 26.3 Å². The van der Waals surface area contributed by atoms with Crippen molar-refractivity contribution in [3.63, 3.8) is 0 Å². The van der Waals surface area contributed by atoms with Gasteiger partial charge in [0, 0.05) is 0 Å². The Balaban J connectivity index is 4.01. The fourth-order valence-corrected chi connectivity index (χ4v) is 1.43. The van der Waals surface area contributed by atoms with Crippen LogP contribution in [0.4, 0.5) is 0 Å². The lowest BCUT2D eigenvalue weighted by molar-refractivity contribution is -0.151. The van der Waals surface area contributed by atoms with Crippen molar-refractivity contribution in [3.8, 4) is 0 Å². The Labute approximate surface area is 94.4 Å². The molecule has 15 heavy (non-hydrogen) atoms. The first-order chi connectivity index (χ1) is 6.51. The average molecular weight is 214 g/mol. The molecule has 0 fully saturated rings. The molecule has 0 spiro atoms. The molecule has 0 rings (SSSR count). The molecule has 0 bridgehead atoms. The van der Waals surface area contributed by atoms with E-state index in [1.807, 2.05) is 6.92 Å². The van der Waals surface area contributed by atoms with Gasteiger partial charge in [-0.2, -0.15) is 0 Å². The van der Waals surface area contributed by atoms with Crippen LogP contribution in [0.15, 0.2) is 0 Å². The van der Waals surface area contributed by atoms with Gasteiger partial charge in [0.05, 0.1) is 12.5 Å². The molecule has 0 amide bonds. The van der Waals surface area contributed by atoms with Crippen molar-refractivity contribution < 1.29 is 9.53 Å². The highest BCUT2D eigenvalue weighted by Crippen LogP contribution is 2.25. The molecule has 1 unspecified atom stereocenters. The van der Waals surface area contributed by atoms with Crippen LogP contribution < -0.4 is 0 Å². The molecular weight excluding hydrogens is 188 g/mol. The number of rotatable bonds is 3. The summed E-state index contributed by atoms with van der Waals surface area (Å²) in [6.07, 6.45) is 0.871. The number of hydrogen-bond acceptors (Lipinski definition) is 2. The van der Waals surface area contributed by atoms with Gasteiger partial charge in [0.15, 0.2) is 0 Å². The smallest absolute Gasteiger partial charge is 0.308 e. The highest BCUT2D eigenvalue weighted by Gasteiger charge is 2.23. The van der Waals surface area contributed by atoms with E-state index in [9.17, 15) is 4.79 Å². The summed E-state index contributed by atoms with van der Waals surface area (Å²) in [6.45, 7) is 15.1. The Kier molecular flexibility index (Phi) is 4.82. The molecule has 0 aliphatic heterocycles. The molecular formula is C13H26O2. The molecule has 90 valence electrons. The van der Waals surface area contributed by atoms with E-state index in [1.54, 1.807) is 0 Å². The summed E-state index contributed by atoms with van der Waals surface area (Å²) in [6, 6.07) is 0. The van der Waals surface area contributed by atoms with Crippen LogP contribution in [0.5, 0.6) is 0 Å². The van der Waals surface area contributed by atoms with E-state index in [-0.39, 0.29) is 22.7 Å². The van der Waals surface area contributed by atoms with E-state index in [1.165, 1.54) is 0 Å². The summed E-state index contributed by atoms with van der Waals surface area (Å²) in [4.78, 5) is 11.6. The second kappa shape index (κ2) is 5.00. The van der Waals surface area contributed by atoms with E-state index in [0.29, 0.717) is 6.61 Å². The average Bonchev–Trinajstić information content (AvgIpc) is 1.95. The van der Waals surface area contributed by atoms with Crippen LogP contribution in [0, 0.1) is 16.7 Å². The van der Waals surface area contributed by atoms with Crippen LogP contribution in [-0.2, 0) is 9.53 Å². The lowest BCUT2D eigenvalue weighted by Crippen LogP contribution is -2.25. The van der Waals surface area contributed by atoms with Crippen LogP contribution in [0.2, 0.25) is 0 Å². The second-order valence-corrected chi connectivity index (χ2v) is 6.83. The van der Waals surface area contributed by atoms with Gasteiger partial charge in [-0.3, -0.25) is 4.79 Å². The summed E-state index contributed by atoms with van der Waals surface area (Å²) < 4.78 is 5.28. The molecule has 0 aromatic carbocycles. The summed E-state index contributed by atoms with van der Waals surface area (Å²) in [7, 11) is 0. The van der Waals surface area contributed by atoms with Gasteiger partial charge in [-0.05, 0) is 17.3 Å². The summed E-state index contributed by atoms with van der Waals surface area (Å²) in [5.74, 6) is -0.0767. The molecule has 0 aromatic heterocycles. The zero-order chi connectivity index (χ0) is 12.3. The standard InChI is InChI=1S/C13H26O2/c1-10(8-12(2,3)4)11(14)15-9-13(5,6)7/h10H,8-9H2,1-7H3. The third-order valence-corrected chi connectivity index (χ3v) is 1.97. The highest BCUT2D eigenvalue weighted by atomic mass is 16.5. The quantitative estimate of drug-likeness (QED) is 0.670. The molecule has 2 heteroatoms. The molecule has 0 saturated carbocycles. The molecule has 1 atom stereocenters. The Morgan fingerprint density at radius 1 is 1.07 bits per heavy atom. The first-order valence-corrected chi connectivity index (χ1v) is 5.68. The molecule has 0 radical (unpaired) electrons. The number of esters is 1. The predicted molar refractivity (Wildman–Crippen MR) is 63.7 cm³/mol. The maximum Gasteiger partial charge on any atom is 0.308 e. The van der Waals surface area contributed by atoms with Crippen LogP contribution in [0.1, 0.15) is 54.9 Å². The van der Waals surface area contributed by atoms with E-state index in [0.717, 1.165) is 6.42 Å². The third kappa shape index (κ3) is 8.46. The van der Waals surface area contributed by atoms with Crippen molar-refractivity contribution in [2.75, 3.05) is 6.61 Å². The van der Waals surface area contributed by atoms with Gasteiger partial charge in [0.25, 0.3) is 0 Å². The maximum atomic E-state index is 11.6. The first-order valence-electron chi connectivity index (χ1n) is 5.68. The predicted octanol–water partition coefficient (Wildman–Crippen LogP) is 3.65. The van der Waals surface area contributed by atoms with Crippen LogP contribution >= 0.6 is 0 Å². The van der Waals surface area contributed by atoms with Gasteiger partial charge in [0.1, 0.15) is 0 Å². The van der Waals surface area contributed by atoms with Crippen molar-refractivity contribution in [2.24, 2.45) is 16.7 Å². The Bertz CT molecular complexity index is 206. The van der Waals surface area contributed by atoms with Gasteiger partial charge in [-0.25, -0.2) is 0 Å². The minimum Gasteiger partial charge on any atom is -0.465 e. The highest BCUT2D eigenvalue weighted by molar-refractivity contribution is 5.72. The molecule has 0 saturated heterocycles. The first kappa shape index (κ1) is 14.5. The number of carbonyl (C=O) groups is 1. The van der Waals surface area contributed by atoms with Gasteiger partial charge in [-0.1, -0.05) is 48.5 Å². The largest absolute Gasteiger partial charge is 0.465 e. The zero-order valence-electron chi connectivity index (χ0n) is 11.3. The van der Waals surface area contributed by atoms with Crippen molar-refractivity contribution in [1.29, 1.82) is 0 Å². The van der Waals surface area contributed by atoms with E-state index >= 15 is 0 Å². The molecule has 0 N–H and O–H groups in total. The molecule has 0 aromatic rings. The fourth-order valence-electron chi connectivity index (χ4n) is 1.43. The fraction of sp³-hybridized carbons (Fsp3) is 0.923. The number of hydrogen-bond donors (Lipinski definition) is 0. The van der Waals surface area contributed by atoms with Gasteiger partial charge < -0.3 is 4.74 Å². The molecule has 0 heterocycles. The second-order valence-electron chi connectivity index (χ2n) is 6.83. The molecule has 0 aliphatic rings. The SMILES string of the molecule is CC(CC(C)(C)C)C(=O)OCC(C)(C)C. The monoisotopic (exact) mass is 214 g/mol. The summed E-state index contributed by atoms with van der Waals surface area (Å²) >= 11 is 0. The Morgan fingerprint density at radius 3 is 1.87 bits per heavy atom. The van der Waals surface area contributed by atoms with E-state index < -0.39 is 0 Å². The van der Waals surface area contributed by atoms with Crippen molar-refractivity contribution in [2.45, 2.75) is 54.9 Å². The molecule has 2 nitrogen and oxygen atoms in total. The zero-order valence-corrected chi connectivity index (χ0v) is 11.3. The van der Waals surface area contributed by atoms with Crippen molar-refractivity contribution >= 4 is 5.97 Å². The Morgan fingerprint density at radius 2 is 1.53 bits per heavy atom. The molecule has 0 aliphatic carbocycles. The van der Waals surface area contributed by atoms with E-state index in [2.05, 4.69) is 41.5 Å². The van der Waals surface area contributed by atoms with Gasteiger partial charge in [-0.15, -0.1) is 0 Å². The van der Waals surface area contributed by atoms with Crippen LogP contribution in [-0.4, -0.2) is 12.6 Å². The number of carbonyl (C=O) groups excluding carboxylic acids is 1. The third-order valence-electron chi connectivity index (χ3n) is 1.97. The van der Waals surface area contributed by atoms with Crippen molar-refractivity contribution in [3.05, 3.63) is 0 Å². The summed E-state index contributed by atoms with van der Waals surface area (Å²) in [5, 5.41) is 0. The minimum atomic E-state index is -0.0696. The maximum absolute atomic E-state index is 11.6. The van der Waals surface area contributed by atoms with Crippen LogP contribution in [0.3, 0.4) is 0 Å². The Hall–Kier alpha value is -0.530. The lowest BCUT2D eigenvalue weighted by Gasteiger charge is -2.24. The van der Waals surface area contributed by atoms with Gasteiger partial charge in [0.2, 0.25) is 0 Å². The van der Waals surface area contributed by atoms with Gasteiger partial charge >= 0.3 is 5.97 Å².